The lowest BCUT2D eigenvalue weighted by atomic mass is 10.2. The number of hydrogen-bond donors (Lipinski definition) is 3. The lowest BCUT2D eigenvalue weighted by Gasteiger charge is -2.19. The minimum absolute atomic E-state index is 0.433. The Morgan fingerprint density at radius 1 is 1.17 bits per heavy atom. The van der Waals surface area contributed by atoms with E-state index in [9.17, 15) is 13.2 Å². The Hall–Kier alpha value is -1.96. The number of ether oxygens (including phenoxy) is 1. The number of anilines is 2. The highest BCUT2D eigenvalue weighted by Gasteiger charge is 2.15. The maximum Gasteiger partial charge on any atom is 0.407 e. The van der Waals surface area contributed by atoms with Crippen molar-refractivity contribution in [3.8, 4) is 0 Å². The molecule has 8 heteroatoms. The summed E-state index contributed by atoms with van der Waals surface area (Å²) < 4.78 is 29.9. The molecule has 23 heavy (non-hydrogen) atoms. The van der Waals surface area contributed by atoms with Crippen molar-refractivity contribution in [1.29, 1.82) is 0 Å². The average Bonchev–Trinajstić information content (AvgIpc) is 2.34. The highest BCUT2D eigenvalue weighted by molar-refractivity contribution is 7.92. The van der Waals surface area contributed by atoms with Crippen LogP contribution in [0.15, 0.2) is 24.3 Å². The molecule has 0 aliphatic rings. The quantitative estimate of drug-likeness (QED) is 0.661. The Balaban J connectivity index is 2.31. The van der Waals surface area contributed by atoms with Crippen molar-refractivity contribution in [2.75, 3.05) is 29.4 Å². The predicted octanol–water partition coefficient (Wildman–Crippen LogP) is 2.38. The Kier molecular flexibility index (Phi) is 6.68. The zero-order valence-corrected chi connectivity index (χ0v) is 14.8. The first kappa shape index (κ1) is 19.1. The van der Waals surface area contributed by atoms with Crippen LogP contribution >= 0.6 is 0 Å². The van der Waals surface area contributed by atoms with Gasteiger partial charge in [0.15, 0.2) is 0 Å². The number of sulfonamides is 1. The molecule has 3 N–H and O–H groups in total. The fraction of sp³-hybridized carbons (Fsp3) is 0.533. The van der Waals surface area contributed by atoms with Crippen LogP contribution in [-0.2, 0) is 14.8 Å². The lowest BCUT2D eigenvalue weighted by molar-refractivity contribution is 0.0528. The molecule has 1 amide bonds. The zero-order valence-electron chi connectivity index (χ0n) is 14.0. The molecule has 0 fully saturated rings. The van der Waals surface area contributed by atoms with Gasteiger partial charge in [-0.05, 0) is 45.4 Å². The van der Waals surface area contributed by atoms with Crippen LogP contribution in [0, 0.1) is 0 Å². The molecular weight excluding hydrogens is 318 g/mol. The van der Waals surface area contributed by atoms with Gasteiger partial charge in [-0.25, -0.2) is 13.2 Å². The normalized spacial score (nSPS) is 11.7. The highest BCUT2D eigenvalue weighted by Crippen LogP contribution is 2.15. The molecule has 0 radical (unpaired) electrons. The average molecular weight is 343 g/mol. The molecule has 0 aliphatic heterocycles. The van der Waals surface area contributed by atoms with Crippen molar-refractivity contribution < 1.29 is 17.9 Å². The summed E-state index contributed by atoms with van der Waals surface area (Å²) in [6.45, 7) is 6.56. The molecule has 0 saturated heterocycles. The molecule has 1 aromatic rings. The van der Waals surface area contributed by atoms with Gasteiger partial charge in [0.1, 0.15) is 5.60 Å². The van der Waals surface area contributed by atoms with Crippen LogP contribution in [0.5, 0.6) is 0 Å². The van der Waals surface area contributed by atoms with Gasteiger partial charge in [0.25, 0.3) is 0 Å². The van der Waals surface area contributed by atoms with Gasteiger partial charge in [-0.1, -0.05) is 6.07 Å². The first-order valence-corrected chi connectivity index (χ1v) is 9.23. The van der Waals surface area contributed by atoms with Gasteiger partial charge in [-0.2, -0.15) is 0 Å². The van der Waals surface area contributed by atoms with E-state index in [1.807, 2.05) is 26.8 Å². The Morgan fingerprint density at radius 3 is 2.43 bits per heavy atom. The fourth-order valence-corrected chi connectivity index (χ4v) is 2.29. The molecule has 130 valence electrons. The molecule has 0 spiro atoms. The number of carbonyl (C=O) groups is 1. The second kappa shape index (κ2) is 8.05. The van der Waals surface area contributed by atoms with E-state index in [0.29, 0.717) is 25.2 Å². The maximum atomic E-state index is 11.5. The van der Waals surface area contributed by atoms with Gasteiger partial charge in [0, 0.05) is 18.8 Å². The van der Waals surface area contributed by atoms with Crippen molar-refractivity contribution in [3.05, 3.63) is 24.3 Å². The third kappa shape index (κ3) is 9.62. The minimum atomic E-state index is -3.29. The van der Waals surface area contributed by atoms with Crippen LogP contribution in [0.3, 0.4) is 0 Å². The third-order valence-electron chi connectivity index (χ3n) is 2.52. The number of amides is 1. The third-order valence-corrected chi connectivity index (χ3v) is 3.12. The van der Waals surface area contributed by atoms with Gasteiger partial charge in [-0.15, -0.1) is 0 Å². The Labute approximate surface area is 137 Å². The van der Waals surface area contributed by atoms with Crippen LogP contribution < -0.4 is 15.4 Å². The van der Waals surface area contributed by atoms with Crippen molar-refractivity contribution >= 4 is 27.5 Å². The number of benzene rings is 1. The molecule has 0 atom stereocenters. The summed E-state index contributed by atoms with van der Waals surface area (Å²) in [5.74, 6) is 0. The number of hydrogen-bond acceptors (Lipinski definition) is 5. The summed E-state index contributed by atoms with van der Waals surface area (Å²) in [7, 11) is -3.29. The van der Waals surface area contributed by atoms with Gasteiger partial charge < -0.3 is 15.4 Å². The van der Waals surface area contributed by atoms with Crippen molar-refractivity contribution in [2.45, 2.75) is 32.8 Å². The Morgan fingerprint density at radius 2 is 1.83 bits per heavy atom. The van der Waals surface area contributed by atoms with Gasteiger partial charge in [-0.3, -0.25) is 4.72 Å². The number of carbonyl (C=O) groups excluding carboxylic acids is 1. The molecular formula is C15H25N3O4S. The van der Waals surface area contributed by atoms with E-state index in [0.717, 1.165) is 11.9 Å². The van der Waals surface area contributed by atoms with Crippen LogP contribution in [0.1, 0.15) is 27.2 Å². The number of alkyl carbamates (subject to hydrolysis) is 1. The van der Waals surface area contributed by atoms with Crippen LogP contribution in [0.2, 0.25) is 0 Å². The summed E-state index contributed by atoms with van der Waals surface area (Å²) in [5.41, 5.74) is 0.801. The van der Waals surface area contributed by atoms with E-state index < -0.39 is 21.7 Å². The summed E-state index contributed by atoms with van der Waals surface area (Å²) in [6.07, 6.45) is 1.38. The fourth-order valence-electron chi connectivity index (χ4n) is 1.73. The summed E-state index contributed by atoms with van der Waals surface area (Å²) >= 11 is 0. The van der Waals surface area contributed by atoms with Crippen LogP contribution in [-0.4, -0.2) is 39.5 Å². The summed E-state index contributed by atoms with van der Waals surface area (Å²) in [6, 6.07) is 6.99. The second-order valence-corrected chi connectivity index (χ2v) is 7.91. The van der Waals surface area contributed by atoms with Crippen molar-refractivity contribution in [1.82, 2.24) is 5.32 Å². The topological polar surface area (TPSA) is 96.5 Å². The predicted molar refractivity (Wildman–Crippen MR) is 92.3 cm³/mol. The second-order valence-electron chi connectivity index (χ2n) is 6.16. The van der Waals surface area contributed by atoms with Gasteiger partial charge in [0.2, 0.25) is 10.0 Å². The molecule has 7 nitrogen and oxygen atoms in total. The molecule has 0 heterocycles. The SMILES string of the molecule is CC(C)(C)OC(=O)NCCCNc1cccc(NS(C)(=O)=O)c1. The standard InChI is InChI=1S/C15H25N3O4S/c1-15(2,3)22-14(19)17-10-6-9-16-12-7-5-8-13(11-12)18-23(4,20)21/h5,7-8,11,16,18H,6,9-10H2,1-4H3,(H,17,19). The van der Waals surface area contributed by atoms with E-state index in [1.165, 1.54) is 0 Å². The molecule has 0 aromatic heterocycles. The van der Waals surface area contributed by atoms with E-state index in [4.69, 9.17) is 4.74 Å². The lowest BCUT2D eigenvalue weighted by Crippen LogP contribution is -2.33. The first-order valence-electron chi connectivity index (χ1n) is 7.34. The van der Waals surface area contributed by atoms with Crippen molar-refractivity contribution in [2.24, 2.45) is 0 Å². The van der Waals surface area contributed by atoms with Gasteiger partial charge in [0.05, 0.1) is 11.9 Å². The van der Waals surface area contributed by atoms with Crippen LogP contribution in [0.4, 0.5) is 16.2 Å². The molecule has 0 unspecified atom stereocenters. The van der Waals surface area contributed by atoms with Gasteiger partial charge >= 0.3 is 6.09 Å². The molecule has 1 aromatic carbocycles. The smallest absolute Gasteiger partial charge is 0.407 e. The van der Waals surface area contributed by atoms with Crippen LogP contribution in [0.25, 0.3) is 0 Å². The van der Waals surface area contributed by atoms with E-state index in [2.05, 4.69) is 15.4 Å². The number of rotatable bonds is 7. The first-order chi connectivity index (χ1) is 10.6. The van der Waals surface area contributed by atoms with E-state index in [1.54, 1.807) is 18.2 Å². The largest absolute Gasteiger partial charge is 0.444 e. The maximum absolute atomic E-state index is 11.5. The number of nitrogens with one attached hydrogen (secondary N) is 3. The zero-order chi connectivity index (χ0) is 17.5. The molecule has 0 saturated carbocycles. The molecule has 1 rings (SSSR count). The molecule has 0 aliphatic carbocycles. The van der Waals surface area contributed by atoms with Crippen molar-refractivity contribution in [3.63, 3.8) is 0 Å². The molecule has 0 bridgehead atoms. The minimum Gasteiger partial charge on any atom is -0.444 e. The van der Waals surface area contributed by atoms with E-state index >= 15 is 0 Å². The van der Waals surface area contributed by atoms with E-state index in [-0.39, 0.29) is 0 Å². The summed E-state index contributed by atoms with van der Waals surface area (Å²) in [4.78, 5) is 11.5. The highest BCUT2D eigenvalue weighted by atomic mass is 32.2. The monoisotopic (exact) mass is 343 g/mol. The summed E-state index contributed by atoms with van der Waals surface area (Å²) in [5, 5.41) is 5.84. The Bertz CT molecular complexity index is 624.